The van der Waals surface area contributed by atoms with Gasteiger partial charge in [-0.05, 0) is 6.07 Å². The molecule has 0 amide bonds. The quantitative estimate of drug-likeness (QED) is 0.684. The maximum atomic E-state index is 12.7. The van der Waals surface area contributed by atoms with E-state index < -0.39 is 11.6 Å². The number of benzene rings is 1. The summed E-state index contributed by atoms with van der Waals surface area (Å²) in [7, 11) is 0. The minimum atomic E-state index is -0.942. The molecule has 2 nitrogen and oxygen atoms in total. The van der Waals surface area contributed by atoms with Crippen molar-refractivity contribution in [2.24, 2.45) is 5.73 Å². The fourth-order valence-corrected chi connectivity index (χ4v) is 0.917. The Morgan fingerprint density at radius 2 is 1.85 bits per heavy atom. The van der Waals surface area contributed by atoms with E-state index in [1.807, 2.05) is 0 Å². The number of anilines is 1. The highest BCUT2D eigenvalue weighted by atomic mass is 19.2. The monoisotopic (exact) mass is 184 g/mol. The third-order valence-electron chi connectivity index (χ3n) is 1.56. The van der Waals surface area contributed by atoms with E-state index >= 15 is 0 Å². The van der Waals surface area contributed by atoms with Crippen molar-refractivity contribution in [3.05, 3.63) is 35.4 Å². The standard InChI is InChI=1S/C9H10F2N2/c10-7-4-6(2-1-3-12)9(13)5-8(7)11/h1-2,4-5H,3,12-13H2. The van der Waals surface area contributed by atoms with E-state index in [2.05, 4.69) is 0 Å². The molecule has 0 saturated heterocycles. The topological polar surface area (TPSA) is 52.0 Å². The molecule has 0 radical (unpaired) electrons. The SMILES string of the molecule is NCC=Cc1cc(F)c(F)cc1N. The van der Waals surface area contributed by atoms with Gasteiger partial charge in [0.1, 0.15) is 0 Å². The Bertz CT molecular complexity index is 335. The highest BCUT2D eigenvalue weighted by Crippen LogP contribution is 2.17. The maximum Gasteiger partial charge on any atom is 0.160 e. The van der Waals surface area contributed by atoms with E-state index in [0.29, 0.717) is 12.1 Å². The fraction of sp³-hybridized carbons (Fsp3) is 0.111. The van der Waals surface area contributed by atoms with Gasteiger partial charge in [-0.3, -0.25) is 0 Å². The third kappa shape index (κ3) is 2.26. The van der Waals surface area contributed by atoms with Crippen molar-refractivity contribution >= 4 is 11.8 Å². The van der Waals surface area contributed by atoms with Crippen LogP contribution in [-0.2, 0) is 0 Å². The summed E-state index contributed by atoms with van der Waals surface area (Å²) in [5.41, 5.74) is 11.3. The minimum Gasteiger partial charge on any atom is -0.398 e. The molecule has 13 heavy (non-hydrogen) atoms. The number of halogens is 2. The summed E-state index contributed by atoms with van der Waals surface area (Å²) in [6.07, 6.45) is 3.17. The van der Waals surface area contributed by atoms with Gasteiger partial charge in [0.05, 0.1) is 0 Å². The summed E-state index contributed by atoms with van der Waals surface area (Å²) in [6.45, 7) is 0.332. The molecular formula is C9H10F2N2. The molecule has 4 heteroatoms. The summed E-state index contributed by atoms with van der Waals surface area (Å²) in [5.74, 6) is -1.85. The van der Waals surface area contributed by atoms with Crippen LogP contribution in [0.15, 0.2) is 18.2 Å². The van der Waals surface area contributed by atoms with Crippen molar-refractivity contribution in [1.82, 2.24) is 0 Å². The first-order valence-electron chi connectivity index (χ1n) is 3.76. The number of rotatable bonds is 2. The molecule has 0 aromatic heterocycles. The van der Waals surface area contributed by atoms with Crippen LogP contribution >= 0.6 is 0 Å². The van der Waals surface area contributed by atoms with E-state index in [1.54, 1.807) is 12.2 Å². The van der Waals surface area contributed by atoms with Gasteiger partial charge in [0.25, 0.3) is 0 Å². The first-order valence-corrected chi connectivity index (χ1v) is 3.76. The zero-order chi connectivity index (χ0) is 9.84. The summed E-state index contributed by atoms with van der Waals surface area (Å²) < 4.78 is 25.3. The van der Waals surface area contributed by atoms with E-state index in [1.165, 1.54) is 0 Å². The van der Waals surface area contributed by atoms with Crippen LogP contribution in [0.2, 0.25) is 0 Å². The van der Waals surface area contributed by atoms with E-state index in [0.717, 1.165) is 12.1 Å². The summed E-state index contributed by atoms with van der Waals surface area (Å²) in [5, 5.41) is 0. The van der Waals surface area contributed by atoms with Gasteiger partial charge in [0, 0.05) is 23.9 Å². The Hall–Kier alpha value is -1.42. The normalized spacial score (nSPS) is 11.0. The van der Waals surface area contributed by atoms with E-state index in [9.17, 15) is 8.78 Å². The van der Waals surface area contributed by atoms with Gasteiger partial charge in [-0.1, -0.05) is 12.2 Å². The molecule has 0 aliphatic carbocycles. The van der Waals surface area contributed by atoms with Crippen molar-refractivity contribution < 1.29 is 8.78 Å². The van der Waals surface area contributed by atoms with Crippen LogP contribution in [0.3, 0.4) is 0 Å². The zero-order valence-electron chi connectivity index (χ0n) is 6.93. The predicted molar refractivity (Wildman–Crippen MR) is 48.9 cm³/mol. The van der Waals surface area contributed by atoms with Gasteiger partial charge >= 0.3 is 0 Å². The van der Waals surface area contributed by atoms with Crippen LogP contribution in [0.5, 0.6) is 0 Å². The molecule has 0 fully saturated rings. The Labute approximate surface area is 74.8 Å². The van der Waals surface area contributed by atoms with Crippen LogP contribution in [0.4, 0.5) is 14.5 Å². The van der Waals surface area contributed by atoms with Crippen molar-refractivity contribution in [1.29, 1.82) is 0 Å². The van der Waals surface area contributed by atoms with Crippen LogP contribution in [0.1, 0.15) is 5.56 Å². The predicted octanol–water partition coefficient (Wildman–Crippen LogP) is 1.52. The van der Waals surface area contributed by atoms with Crippen LogP contribution in [0, 0.1) is 11.6 Å². The molecular weight excluding hydrogens is 174 g/mol. The summed E-state index contributed by atoms with van der Waals surface area (Å²) >= 11 is 0. The third-order valence-corrected chi connectivity index (χ3v) is 1.56. The van der Waals surface area contributed by atoms with Gasteiger partial charge in [0.2, 0.25) is 0 Å². The number of hydrogen-bond donors (Lipinski definition) is 2. The van der Waals surface area contributed by atoms with Gasteiger partial charge < -0.3 is 11.5 Å². The summed E-state index contributed by atoms with van der Waals surface area (Å²) in [6, 6.07) is 1.99. The maximum absolute atomic E-state index is 12.7. The van der Waals surface area contributed by atoms with E-state index in [4.69, 9.17) is 11.5 Å². The molecule has 0 heterocycles. The van der Waals surface area contributed by atoms with Crippen LogP contribution < -0.4 is 11.5 Å². The van der Waals surface area contributed by atoms with Crippen molar-refractivity contribution in [3.8, 4) is 0 Å². The largest absolute Gasteiger partial charge is 0.398 e. The average molecular weight is 184 g/mol. The highest BCUT2D eigenvalue weighted by molar-refractivity contribution is 5.64. The number of nitrogen functional groups attached to an aromatic ring is 1. The smallest absolute Gasteiger partial charge is 0.160 e. The molecule has 1 aromatic rings. The molecule has 0 aliphatic rings. The Morgan fingerprint density at radius 1 is 1.23 bits per heavy atom. The summed E-state index contributed by atoms with van der Waals surface area (Å²) in [4.78, 5) is 0. The molecule has 0 unspecified atom stereocenters. The molecule has 1 rings (SSSR count). The zero-order valence-corrected chi connectivity index (χ0v) is 6.93. The van der Waals surface area contributed by atoms with Gasteiger partial charge in [-0.25, -0.2) is 8.78 Å². The van der Waals surface area contributed by atoms with Gasteiger partial charge in [-0.15, -0.1) is 0 Å². The van der Waals surface area contributed by atoms with E-state index in [-0.39, 0.29) is 5.69 Å². The van der Waals surface area contributed by atoms with Crippen molar-refractivity contribution in [3.63, 3.8) is 0 Å². The van der Waals surface area contributed by atoms with Gasteiger partial charge in [-0.2, -0.15) is 0 Å². The molecule has 0 spiro atoms. The van der Waals surface area contributed by atoms with Crippen molar-refractivity contribution in [2.45, 2.75) is 0 Å². The molecule has 70 valence electrons. The molecule has 0 aliphatic heterocycles. The molecule has 0 bridgehead atoms. The van der Waals surface area contributed by atoms with Crippen LogP contribution in [-0.4, -0.2) is 6.54 Å². The Balaban J connectivity index is 3.08. The molecule has 1 aromatic carbocycles. The second-order valence-corrected chi connectivity index (χ2v) is 2.53. The lowest BCUT2D eigenvalue weighted by Crippen LogP contribution is -1.96. The lowest BCUT2D eigenvalue weighted by molar-refractivity contribution is 0.509. The Kier molecular flexibility index (Phi) is 2.97. The second kappa shape index (κ2) is 4.00. The van der Waals surface area contributed by atoms with Gasteiger partial charge in [0.15, 0.2) is 11.6 Å². The first kappa shape index (κ1) is 9.67. The minimum absolute atomic E-state index is 0.198. The number of hydrogen-bond acceptors (Lipinski definition) is 2. The number of nitrogens with two attached hydrogens (primary N) is 2. The molecule has 4 N–H and O–H groups in total. The van der Waals surface area contributed by atoms with Crippen molar-refractivity contribution in [2.75, 3.05) is 12.3 Å². The lowest BCUT2D eigenvalue weighted by Gasteiger charge is -2.00. The Morgan fingerprint density at radius 3 is 2.46 bits per heavy atom. The van der Waals surface area contributed by atoms with Crippen LogP contribution in [0.25, 0.3) is 6.08 Å². The second-order valence-electron chi connectivity index (χ2n) is 2.53. The fourth-order valence-electron chi connectivity index (χ4n) is 0.917. The molecule has 0 saturated carbocycles. The molecule has 0 atom stereocenters. The lowest BCUT2D eigenvalue weighted by atomic mass is 10.1. The first-order chi connectivity index (χ1) is 6.15. The highest BCUT2D eigenvalue weighted by Gasteiger charge is 2.04. The average Bonchev–Trinajstić information content (AvgIpc) is 2.09.